The maximum absolute atomic E-state index is 13.2. The molecule has 4 heterocycles. The molecular formula is C24H23N3O2S. The number of amides is 1. The van der Waals surface area contributed by atoms with Gasteiger partial charge in [0.25, 0.3) is 5.91 Å². The van der Waals surface area contributed by atoms with Gasteiger partial charge in [0.1, 0.15) is 11.5 Å². The van der Waals surface area contributed by atoms with Crippen molar-refractivity contribution in [1.29, 1.82) is 0 Å². The van der Waals surface area contributed by atoms with Crippen LogP contribution in [-0.2, 0) is 4.79 Å². The Labute approximate surface area is 179 Å². The zero-order valence-corrected chi connectivity index (χ0v) is 17.4. The third kappa shape index (κ3) is 3.88. The lowest BCUT2D eigenvalue weighted by molar-refractivity contribution is -0.134. The number of furan rings is 1. The third-order valence-corrected chi connectivity index (χ3v) is 6.61. The molecule has 0 bridgehead atoms. The number of carbonyl (C=O) groups is 1. The van der Waals surface area contributed by atoms with Crippen molar-refractivity contribution in [2.75, 3.05) is 19.6 Å². The predicted octanol–water partition coefficient (Wildman–Crippen LogP) is 4.81. The van der Waals surface area contributed by atoms with Gasteiger partial charge in [-0.2, -0.15) is 5.10 Å². The van der Waals surface area contributed by atoms with E-state index in [-0.39, 0.29) is 11.9 Å². The molecule has 152 valence electrons. The SMILES string of the molecule is O=C(CN1CC=C(c2ccccc2)CC1)N1N=C(c2ccco2)CC1c1cccs1. The molecule has 0 aliphatic carbocycles. The Balaban J connectivity index is 1.30. The smallest absolute Gasteiger partial charge is 0.257 e. The van der Waals surface area contributed by atoms with Crippen LogP contribution >= 0.6 is 11.3 Å². The lowest BCUT2D eigenvalue weighted by Crippen LogP contribution is -2.39. The maximum Gasteiger partial charge on any atom is 0.257 e. The van der Waals surface area contributed by atoms with Gasteiger partial charge in [-0.1, -0.05) is 42.5 Å². The molecule has 30 heavy (non-hydrogen) atoms. The molecule has 1 atom stereocenters. The van der Waals surface area contributed by atoms with Crippen LogP contribution in [0.2, 0.25) is 0 Å². The monoisotopic (exact) mass is 417 g/mol. The number of hydrazone groups is 1. The van der Waals surface area contributed by atoms with E-state index >= 15 is 0 Å². The first-order chi connectivity index (χ1) is 14.8. The van der Waals surface area contributed by atoms with E-state index in [1.165, 1.54) is 11.1 Å². The van der Waals surface area contributed by atoms with Crippen LogP contribution in [0, 0.1) is 0 Å². The van der Waals surface area contributed by atoms with Crippen LogP contribution < -0.4 is 0 Å². The molecule has 0 N–H and O–H groups in total. The van der Waals surface area contributed by atoms with Gasteiger partial charge in [-0.3, -0.25) is 9.69 Å². The molecule has 1 aromatic carbocycles. The first-order valence-corrected chi connectivity index (χ1v) is 11.1. The molecule has 1 unspecified atom stereocenters. The highest BCUT2D eigenvalue weighted by molar-refractivity contribution is 7.10. The second-order valence-electron chi connectivity index (χ2n) is 7.58. The molecule has 0 saturated heterocycles. The van der Waals surface area contributed by atoms with Gasteiger partial charge >= 0.3 is 0 Å². The predicted molar refractivity (Wildman–Crippen MR) is 119 cm³/mol. The Morgan fingerprint density at radius 2 is 2.03 bits per heavy atom. The highest BCUT2D eigenvalue weighted by atomic mass is 32.1. The Morgan fingerprint density at radius 1 is 1.13 bits per heavy atom. The summed E-state index contributed by atoms with van der Waals surface area (Å²) < 4.78 is 5.53. The molecule has 6 heteroatoms. The van der Waals surface area contributed by atoms with E-state index in [4.69, 9.17) is 4.42 Å². The molecule has 0 radical (unpaired) electrons. The van der Waals surface area contributed by atoms with Crippen molar-refractivity contribution < 1.29 is 9.21 Å². The highest BCUT2D eigenvalue weighted by Gasteiger charge is 2.35. The second-order valence-corrected chi connectivity index (χ2v) is 8.56. The summed E-state index contributed by atoms with van der Waals surface area (Å²) in [5.74, 6) is 0.770. The number of rotatable bonds is 5. The van der Waals surface area contributed by atoms with Gasteiger partial charge in [0.2, 0.25) is 0 Å². The minimum atomic E-state index is -0.0576. The van der Waals surface area contributed by atoms with Crippen LogP contribution in [0.5, 0.6) is 0 Å². The summed E-state index contributed by atoms with van der Waals surface area (Å²) in [7, 11) is 0. The summed E-state index contributed by atoms with van der Waals surface area (Å²) in [5, 5.41) is 8.38. The molecule has 0 spiro atoms. The molecule has 2 aliphatic rings. The van der Waals surface area contributed by atoms with Crippen LogP contribution in [0.4, 0.5) is 0 Å². The van der Waals surface area contributed by atoms with E-state index in [9.17, 15) is 4.79 Å². The molecule has 3 aromatic rings. The summed E-state index contributed by atoms with van der Waals surface area (Å²) in [6, 6.07) is 18.3. The van der Waals surface area contributed by atoms with Gasteiger partial charge in [0, 0.05) is 24.4 Å². The lowest BCUT2D eigenvalue weighted by atomic mass is 9.99. The first kappa shape index (κ1) is 19.0. The van der Waals surface area contributed by atoms with Crippen molar-refractivity contribution in [3.8, 4) is 0 Å². The molecule has 0 saturated carbocycles. The van der Waals surface area contributed by atoms with Gasteiger partial charge in [0.05, 0.1) is 18.8 Å². The van der Waals surface area contributed by atoms with Crippen LogP contribution in [0.25, 0.3) is 5.57 Å². The van der Waals surface area contributed by atoms with Crippen LogP contribution in [0.1, 0.15) is 35.1 Å². The molecule has 5 rings (SSSR count). The molecule has 0 fully saturated rings. The Hall–Kier alpha value is -2.96. The van der Waals surface area contributed by atoms with Crippen molar-refractivity contribution in [2.24, 2.45) is 5.10 Å². The fraction of sp³-hybridized carbons (Fsp3) is 0.250. The third-order valence-electron chi connectivity index (χ3n) is 5.64. The summed E-state index contributed by atoms with van der Waals surface area (Å²) in [4.78, 5) is 16.6. The summed E-state index contributed by atoms with van der Waals surface area (Å²) in [6.45, 7) is 2.02. The van der Waals surface area contributed by atoms with Gasteiger partial charge in [-0.25, -0.2) is 5.01 Å². The number of benzene rings is 1. The van der Waals surface area contributed by atoms with Crippen molar-refractivity contribution in [1.82, 2.24) is 9.91 Å². The van der Waals surface area contributed by atoms with E-state index in [2.05, 4.69) is 46.4 Å². The van der Waals surface area contributed by atoms with E-state index in [0.29, 0.717) is 13.0 Å². The fourth-order valence-electron chi connectivity index (χ4n) is 4.07. The average Bonchev–Trinajstić information content (AvgIpc) is 3.56. The van der Waals surface area contributed by atoms with Gasteiger partial charge < -0.3 is 4.42 Å². The van der Waals surface area contributed by atoms with E-state index in [0.717, 1.165) is 35.9 Å². The minimum absolute atomic E-state index is 0.0338. The summed E-state index contributed by atoms with van der Waals surface area (Å²) >= 11 is 1.66. The Morgan fingerprint density at radius 3 is 2.73 bits per heavy atom. The van der Waals surface area contributed by atoms with E-state index in [1.54, 1.807) is 22.6 Å². The van der Waals surface area contributed by atoms with Gasteiger partial charge in [0.15, 0.2) is 0 Å². The Bertz CT molecular complexity index is 1060. The summed E-state index contributed by atoms with van der Waals surface area (Å²) in [6.07, 6.45) is 5.52. The summed E-state index contributed by atoms with van der Waals surface area (Å²) in [5.41, 5.74) is 3.46. The number of hydrogen-bond acceptors (Lipinski definition) is 5. The van der Waals surface area contributed by atoms with Crippen LogP contribution in [0.15, 0.2) is 81.8 Å². The highest BCUT2D eigenvalue weighted by Crippen LogP contribution is 2.35. The quantitative estimate of drug-likeness (QED) is 0.599. The van der Waals surface area contributed by atoms with E-state index in [1.807, 2.05) is 29.6 Å². The van der Waals surface area contributed by atoms with Crippen molar-refractivity contribution in [2.45, 2.75) is 18.9 Å². The largest absolute Gasteiger partial charge is 0.463 e. The fourth-order valence-corrected chi connectivity index (χ4v) is 4.88. The van der Waals surface area contributed by atoms with Crippen LogP contribution in [-0.4, -0.2) is 41.2 Å². The molecule has 2 aromatic heterocycles. The zero-order chi connectivity index (χ0) is 20.3. The molecule has 5 nitrogen and oxygen atoms in total. The van der Waals surface area contributed by atoms with Crippen molar-refractivity contribution >= 4 is 28.5 Å². The second kappa shape index (κ2) is 8.42. The average molecular weight is 418 g/mol. The number of carbonyl (C=O) groups excluding carboxylic acids is 1. The van der Waals surface area contributed by atoms with Crippen LogP contribution in [0.3, 0.4) is 0 Å². The maximum atomic E-state index is 13.2. The standard InChI is InChI=1S/C24H23N3O2S/c28-24(17-26-12-10-19(11-13-26)18-6-2-1-3-7-18)27-21(23-9-5-15-30-23)16-20(25-27)22-8-4-14-29-22/h1-10,14-15,21H,11-13,16-17H2. The number of hydrogen-bond donors (Lipinski definition) is 0. The number of nitrogens with zero attached hydrogens (tertiary/aromatic N) is 3. The normalized spacial score (nSPS) is 19.6. The van der Waals surface area contributed by atoms with Gasteiger partial charge in [-0.15, -0.1) is 11.3 Å². The van der Waals surface area contributed by atoms with Crippen molar-refractivity contribution in [3.05, 3.63) is 88.5 Å². The lowest BCUT2D eigenvalue weighted by Gasteiger charge is -2.28. The molecular weight excluding hydrogens is 394 g/mol. The zero-order valence-electron chi connectivity index (χ0n) is 16.6. The van der Waals surface area contributed by atoms with Crippen molar-refractivity contribution in [3.63, 3.8) is 0 Å². The minimum Gasteiger partial charge on any atom is -0.463 e. The molecule has 2 aliphatic heterocycles. The van der Waals surface area contributed by atoms with Gasteiger partial charge in [-0.05, 0) is 41.1 Å². The van der Waals surface area contributed by atoms with E-state index < -0.39 is 0 Å². The molecule has 1 amide bonds. The number of thiophene rings is 1. The topological polar surface area (TPSA) is 49.1 Å². The Kier molecular flexibility index (Phi) is 5.34. The first-order valence-electron chi connectivity index (χ1n) is 10.2.